The fraction of sp³-hybridized carbons (Fsp3) is 0.135. The monoisotopic (exact) mass is 602 g/mol. The number of phenols is 2. The number of aryl methyl sites for hydroxylation is 2. The van der Waals surface area contributed by atoms with E-state index in [1.165, 1.54) is 27.8 Å². The van der Waals surface area contributed by atoms with Crippen molar-refractivity contribution in [2.24, 2.45) is 9.98 Å². The van der Waals surface area contributed by atoms with Gasteiger partial charge >= 0.3 is 0 Å². The van der Waals surface area contributed by atoms with Crippen molar-refractivity contribution in [2.75, 3.05) is 0 Å². The molecular formula is C37H34N2O2S2. The molecule has 5 aromatic rings. The molecule has 5 rings (SSSR count). The average molecular weight is 603 g/mol. The Morgan fingerprint density at radius 3 is 1.40 bits per heavy atom. The summed E-state index contributed by atoms with van der Waals surface area (Å²) in [5.41, 5.74) is 9.75. The fourth-order valence-corrected chi connectivity index (χ4v) is 7.23. The second kappa shape index (κ2) is 14.3. The highest BCUT2D eigenvalue weighted by molar-refractivity contribution is 7.99. The minimum absolute atomic E-state index is 0.220. The van der Waals surface area contributed by atoms with E-state index < -0.39 is 0 Å². The minimum atomic E-state index is 0.220. The number of aromatic hydroxyl groups is 2. The number of para-hydroxylation sites is 4. The molecule has 6 heteroatoms. The highest BCUT2D eigenvalue weighted by Gasteiger charge is 2.14. The van der Waals surface area contributed by atoms with Crippen LogP contribution in [0.2, 0.25) is 0 Å². The molecule has 0 amide bonds. The zero-order chi connectivity index (χ0) is 30.2. The third-order valence-electron chi connectivity index (χ3n) is 7.32. The maximum absolute atomic E-state index is 10.1. The Morgan fingerprint density at radius 2 is 0.953 bits per heavy atom. The number of benzene rings is 5. The van der Waals surface area contributed by atoms with Gasteiger partial charge in [-0.3, -0.25) is 9.98 Å². The molecule has 43 heavy (non-hydrogen) atoms. The van der Waals surface area contributed by atoms with Crippen molar-refractivity contribution >= 4 is 47.3 Å². The summed E-state index contributed by atoms with van der Waals surface area (Å²) in [6.07, 6.45) is 3.44. The van der Waals surface area contributed by atoms with Gasteiger partial charge in [0.1, 0.15) is 11.5 Å². The number of thioether (sulfide) groups is 2. The van der Waals surface area contributed by atoms with E-state index in [2.05, 4.69) is 39.0 Å². The van der Waals surface area contributed by atoms with Gasteiger partial charge in [-0.15, -0.1) is 23.5 Å². The summed E-state index contributed by atoms with van der Waals surface area (Å²) in [6, 6.07) is 33.0. The molecule has 0 saturated heterocycles. The van der Waals surface area contributed by atoms with Gasteiger partial charge in [-0.2, -0.15) is 0 Å². The molecule has 0 spiro atoms. The molecule has 0 aliphatic heterocycles. The molecule has 0 unspecified atom stereocenters. The third-order valence-corrected chi connectivity index (χ3v) is 9.50. The molecule has 0 aliphatic carbocycles. The van der Waals surface area contributed by atoms with Crippen LogP contribution in [0, 0.1) is 20.8 Å². The smallest absolute Gasteiger partial charge is 0.124 e. The van der Waals surface area contributed by atoms with Crippen molar-refractivity contribution in [3.8, 4) is 11.5 Å². The van der Waals surface area contributed by atoms with Gasteiger partial charge in [0, 0.05) is 44.9 Å². The van der Waals surface area contributed by atoms with E-state index in [9.17, 15) is 10.2 Å². The van der Waals surface area contributed by atoms with Crippen molar-refractivity contribution in [3.63, 3.8) is 0 Å². The standard InChI is InChI=1S/C37H34N2O2S2/c1-25-20-26(2)31(24-43-37-19-11-7-15-33(37)39-22-29-13-5-9-17-35(29)41)27(3)30(25)23-42-36-18-10-6-14-32(36)38-21-28-12-4-8-16-34(28)40/h4-22,40-41H,23-24H2,1-3H3. The lowest BCUT2D eigenvalue weighted by Crippen LogP contribution is -2.00. The molecule has 0 saturated carbocycles. The molecule has 216 valence electrons. The summed E-state index contributed by atoms with van der Waals surface area (Å²) >= 11 is 3.56. The number of rotatable bonds is 10. The molecule has 0 heterocycles. The Morgan fingerprint density at radius 1 is 0.558 bits per heavy atom. The fourth-order valence-electron chi connectivity index (χ4n) is 4.86. The van der Waals surface area contributed by atoms with Crippen LogP contribution in [0.1, 0.15) is 38.9 Å². The molecule has 5 aromatic carbocycles. The Balaban J connectivity index is 1.33. The Kier molecular flexibility index (Phi) is 10.0. The van der Waals surface area contributed by atoms with E-state index in [1.54, 1.807) is 60.2 Å². The maximum atomic E-state index is 10.1. The van der Waals surface area contributed by atoms with Crippen LogP contribution >= 0.6 is 23.5 Å². The lowest BCUT2D eigenvalue weighted by molar-refractivity contribution is 0.474. The molecular weight excluding hydrogens is 569 g/mol. The lowest BCUT2D eigenvalue weighted by Gasteiger charge is -2.18. The van der Waals surface area contributed by atoms with E-state index in [0.29, 0.717) is 11.1 Å². The predicted molar refractivity (Wildman–Crippen MR) is 183 cm³/mol. The first-order valence-electron chi connectivity index (χ1n) is 14.1. The van der Waals surface area contributed by atoms with E-state index in [1.807, 2.05) is 60.7 Å². The normalized spacial score (nSPS) is 11.5. The van der Waals surface area contributed by atoms with Crippen LogP contribution in [0.15, 0.2) is 123 Å². The summed E-state index contributed by atoms with van der Waals surface area (Å²) in [4.78, 5) is 11.6. The van der Waals surface area contributed by atoms with Gasteiger partial charge in [-0.05, 0) is 97.1 Å². The molecule has 0 fully saturated rings. The van der Waals surface area contributed by atoms with E-state index in [-0.39, 0.29) is 11.5 Å². The Labute approximate surface area is 262 Å². The summed E-state index contributed by atoms with van der Waals surface area (Å²) in [5, 5.41) is 20.2. The summed E-state index contributed by atoms with van der Waals surface area (Å²) < 4.78 is 0. The quantitative estimate of drug-likeness (QED) is 0.123. The predicted octanol–water partition coefficient (Wildman–Crippen LogP) is 10.1. The first-order valence-corrected chi connectivity index (χ1v) is 16.0. The second-order valence-electron chi connectivity index (χ2n) is 10.2. The van der Waals surface area contributed by atoms with Gasteiger partial charge in [0.2, 0.25) is 0 Å². The Hall–Kier alpha value is -4.26. The minimum Gasteiger partial charge on any atom is -0.507 e. The molecule has 4 nitrogen and oxygen atoms in total. The summed E-state index contributed by atoms with van der Waals surface area (Å²) in [6.45, 7) is 6.62. The van der Waals surface area contributed by atoms with Crippen LogP contribution in [-0.4, -0.2) is 22.6 Å². The van der Waals surface area contributed by atoms with Crippen molar-refractivity contribution < 1.29 is 10.2 Å². The van der Waals surface area contributed by atoms with Gasteiger partial charge in [0.15, 0.2) is 0 Å². The van der Waals surface area contributed by atoms with Crippen molar-refractivity contribution in [2.45, 2.75) is 42.1 Å². The second-order valence-corrected chi connectivity index (χ2v) is 12.3. The van der Waals surface area contributed by atoms with Crippen molar-refractivity contribution in [1.29, 1.82) is 0 Å². The van der Waals surface area contributed by atoms with Gasteiger partial charge < -0.3 is 10.2 Å². The summed E-state index contributed by atoms with van der Waals surface area (Å²) in [5.74, 6) is 2.11. The lowest BCUT2D eigenvalue weighted by atomic mass is 9.95. The molecule has 0 bridgehead atoms. The highest BCUT2D eigenvalue weighted by atomic mass is 32.2. The molecule has 0 radical (unpaired) electrons. The first-order chi connectivity index (χ1) is 20.9. The zero-order valence-corrected chi connectivity index (χ0v) is 26.1. The zero-order valence-electron chi connectivity index (χ0n) is 24.5. The van der Waals surface area contributed by atoms with Crippen LogP contribution in [0.3, 0.4) is 0 Å². The van der Waals surface area contributed by atoms with Gasteiger partial charge in [-0.1, -0.05) is 54.6 Å². The molecule has 2 N–H and O–H groups in total. The topological polar surface area (TPSA) is 65.2 Å². The van der Waals surface area contributed by atoms with Crippen molar-refractivity contribution in [1.82, 2.24) is 0 Å². The maximum Gasteiger partial charge on any atom is 0.124 e. The summed E-state index contributed by atoms with van der Waals surface area (Å²) in [7, 11) is 0. The van der Waals surface area contributed by atoms with Gasteiger partial charge in [0.25, 0.3) is 0 Å². The SMILES string of the molecule is Cc1cc(C)c(CSc2ccccc2N=Cc2ccccc2O)c(C)c1CSc1ccccc1N=Cc1ccccc1O. The van der Waals surface area contributed by atoms with Crippen LogP contribution in [0.4, 0.5) is 11.4 Å². The van der Waals surface area contributed by atoms with Gasteiger partial charge in [-0.25, -0.2) is 0 Å². The molecule has 0 atom stereocenters. The number of hydrogen-bond donors (Lipinski definition) is 2. The number of hydrogen-bond acceptors (Lipinski definition) is 6. The number of phenolic OH excluding ortho intramolecular Hbond substituents is 2. The van der Waals surface area contributed by atoms with E-state index in [4.69, 9.17) is 9.98 Å². The number of aliphatic imine (C=N–C) groups is 2. The number of nitrogens with zero attached hydrogens (tertiary/aromatic N) is 2. The largest absolute Gasteiger partial charge is 0.507 e. The van der Waals surface area contributed by atoms with Crippen LogP contribution in [-0.2, 0) is 11.5 Å². The van der Waals surface area contributed by atoms with Crippen LogP contribution < -0.4 is 0 Å². The Bertz CT molecular complexity index is 1670. The van der Waals surface area contributed by atoms with Gasteiger partial charge in [0.05, 0.1) is 11.4 Å². The first kappa shape index (κ1) is 30.2. The van der Waals surface area contributed by atoms with Crippen LogP contribution in [0.25, 0.3) is 0 Å². The average Bonchev–Trinajstić information content (AvgIpc) is 3.01. The highest BCUT2D eigenvalue weighted by Crippen LogP contribution is 2.37. The van der Waals surface area contributed by atoms with Crippen LogP contribution in [0.5, 0.6) is 11.5 Å². The third kappa shape index (κ3) is 7.58. The van der Waals surface area contributed by atoms with E-state index in [0.717, 1.165) is 32.7 Å². The molecule has 0 aromatic heterocycles. The van der Waals surface area contributed by atoms with Crippen molar-refractivity contribution in [3.05, 3.63) is 142 Å². The van der Waals surface area contributed by atoms with E-state index >= 15 is 0 Å². The molecule has 0 aliphatic rings.